The minimum Gasteiger partial charge on any atom is -0.467 e. The van der Waals surface area contributed by atoms with Crippen LogP contribution in [0.5, 0.6) is 0 Å². The van der Waals surface area contributed by atoms with E-state index in [2.05, 4.69) is 5.32 Å². The summed E-state index contributed by atoms with van der Waals surface area (Å²) in [6, 6.07) is 3.56. The number of amides is 1. The van der Waals surface area contributed by atoms with Crippen LogP contribution in [0.1, 0.15) is 18.8 Å². The summed E-state index contributed by atoms with van der Waals surface area (Å²) < 4.78 is 15.0. The summed E-state index contributed by atoms with van der Waals surface area (Å²) in [6.07, 6.45) is 0.821. The molecule has 1 heterocycles. The quantitative estimate of drug-likeness (QED) is 0.808. The summed E-state index contributed by atoms with van der Waals surface area (Å²) in [5.41, 5.74) is 0. The standard InChI is InChI=1S/C10H15NO4/c1-3-14-10(12)11-7-9(13-2)8-5-4-6-15-8/h4-6,9H,3,7H2,1-2H3,(H,11,12)/t9-/m0/s1. The lowest BCUT2D eigenvalue weighted by Gasteiger charge is -2.13. The first-order chi connectivity index (χ1) is 7.27. The second kappa shape index (κ2) is 6.08. The Bertz CT molecular complexity index is 284. The molecule has 0 spiro atoms. The second-order valence-electron chi connectivity index (χ2n) is 2.84. The topological polar surface area (TPSA) is 60.7 Å². The van der Waals surface area contributed by atoms with Crippen LogP contribution in [0.4, 0.5) is 4.79 Å². The van der Waals surface area contributed by atoms with E-state index in [1.54, 1.807) is 32.4 Å². The molecule has 0 aliphatic rings. The molecule has 0 fully saturated rings. The zero-order valence-corrected chi connectivity index (χ0v) is 8.86. The van der Waals surface area contributed by atoms with Crippen molar-refractivity contribution in [3.63, 3.8) is 0 Å². The van der Waals surface area contributed by atoms with Gasteiger partial charge in [-0.15, -0.1) is 0 Å². The van der Waals surface area contributed by atoms with E-state index in [-0.39, 0.29) is 6.10 Å². The molecule has 15 heavy (non-hydrogen) atoms. The zero-order chi connectivity index (χ0) is 11.1. The van der Waals surface area contributed by atoms with Crippen molar-refractivity contribution in [2.45, 2.75) is 13.0 Å². The summed E-state index contributed by atoms with van der Waals surface area (Å²) in [5.74, 6) is 0.675. The molecule has 1 atom stereocenters. The molecule has 5 nitrogen and oxygen atoms in total. The van der Waals surface area contributed by atoms with Crippen molar-refractivity contribution in [1.82, 2.24) is 5.32 Å². The maximum absolute atomic E-state index is 11.0. The SMILES string of the molecule is CCOC(=O)NC[C@H](OC)c1ccco1. The minimum atomic E-state index is -0.453. The maximum Gasteiger partial charge on any atom is 0.407 e. The third-order valence-electron chi connectivity index (χ3n) is 1.85. The van der Waals surface area contributed by atoms with Crippen LogP contribution in [0, 0.1) is 0 Å². The molecule has 5 heteroatoms. The molecular formula is C10H15NO4. The van der Waals surface area contributed by atoms with E-state index in [1.165, 1.54) is 0 Å². The van der Waals surface area contributed by atoms with Gasteiger partial charge in [0.05, 0.1) is 19.4 Å². The summed E-state index contributed by atoms with van der Waals surface area (Å²) in [5, 5.41) is 2.58. The third-order valence-corrected chi connectivity index (χ3v) is 1.85. The molecule has 1 rings (SSSR count). The highest BCUT2D eigenvalue weighted by Gasteiger charge is 2.14. The number of rotatable bonds is 5. The Labute approximate surface area is 88.4 Å². The summed E-state index contributed by atoms with van der Waals surface area (Å²) >= 11 is 0. The van der Waals surface area contributed by atoms with Gasteiger partial charge in [0.1, 0.15) is 11.9 Å². The highest BCUT2D eigenvalue weighted by Crippen LogP contribution is 2.15. The number of methoxy groups -OCH3 is 1. The predicted molar refractivity (Wildman–Crippen MR) is 53.5 cm³/mol. The first kappa shape index (κ1) is 11.6. The van der Waals surface area contributed by atoms with Gasteiger partial charge in [-0.3, -0.25) is 0 Å². The number of hydrogen-bond donors (Lipinski definition) is 1. The first-order valence-electron chi connectivity index (χ1n) is 4.74. The average Bonchev–Trinajstić information content (AvgIpc) is 2.72. The maximum atomic E-state index is 11.0. The van der Waals surface area contributed by atoms with Crippen LogP contribution >= 0.6 is 0 Å². The number of alkyl carbamates (subject to hydrolysis) is 1. The van der Waals surface area contributed by atoms with Crippen molar-refractivity contribution < 1.29 is 18.7 Å². The molecule has 1 amide bonds. The molecule has 0 aliphatic carbocycles. The Morgan fingerprint density at radius 2 is 2.47 bits per heavy atom. The molecule has 0 unspecified atom stereocenters. The predicted octanol–water partition coefficient (Wildman–Crippen LogP) is 1.71. The molecule has 0 bridgehead atoms. The van der Waals surface area contributed by atoms with Crippen molar-refractivity contribution in [3.05, 3.63) is 24.2 Å². The van der Waals surface area contributed by atoms with Crippen LogP contribution in [0.2, 0.25) is 0 Å². The fourth-order valence-electron chi connectivity index (χ4n) is 1.13. The molecule has 0 saturated heterocycles. The van der Waals surface area contributed by atoms with E-state index in [0.717, 1.165) is 0 Å². The lowest BCUT2D eigenvalue weighted by Crippen LogP contribution is -2.29. The van der Waals surface area contributed by atoms with Crippen LogP contribution < -0.4 is 5.32 Å². The minimum absolute atomic E-state index is 0.288. The van der Waals surface area contributed by atoms with E-state index in [4.69, 9.17) is 13.9 Å². The van der Waals surface area contributed by atoms with Crippen molar-refractivity contribution >= 4 is 6.09 Å². The van der Waals surface area contributed by atoms with Gasteiger partial charge in [-0.2, -0.15) is 0 Å². The van der Waals surface area contributed by atoms with Gasteiger partial charge in [0, 0.05) is 7.11 Å². The van der Waals surface area contributed by atoms with Gasteiger partial charge in [-0.1, -0.05) is 0 Å². The Morgan fingerprint density at radius 3 is 3.00 bits per heavy atom. The number of ether oxygens (including phenoxy) is 2. The van der Waals surface area contributed by atoms with Gasteiger partial charge >= 0.3 is 6.09 Å². The largest absolute Gasteiger partial charge is 0.467 e. The van der Waals surface area contributed by atoms with Crippen molar-refractivity contribution in [1.29, 1.82) is 0 Å². The van der Waals surface area contributed by atoms with Crippen LogP contribution in [-0.2, 0) is 9.47 Å². The van der Waals surface area contributed by atoms with Crippen LogP contribution in [0.3, 0.4) is 0 Å². The van der Waals surface area contributed by atoms with Gasteiger partial charge in [0.2, 0.25) is 0 Å². The summed E-state index contributed by atoms with van der Waals surface area (Å²) in [6.45, 7) is 2.42. The normalized spacial score (nSPS) is 12.1. The lowest BCUT2D eigenvalue weighted by molar-refractivity contribution is 0.0793. The van der Waals surface area contributed by atoms with Crippen molar-refractivity contribution in [2.24, 2.45) is 0 Å². The molecule has 0 aliphatic heterocycles. The van der Waals surface area contributed by atoms with E-state index in [0.29, 0.717) is 18.9 Å². The van der Waals surface area contributed by atoms with Gasteiger partial charge in [0.25, 0.3) is 0 Å². The number of nitrogens with one attached hydrogen (secondary N) is 1. The van der Waals surface area contributed by atoms with E-state index in [1.807, 2.05) is 0 Å². The third kappa shape index (κ3) is 3.63. The zero-order valence-electron chi connectivity index (χ0n) is 8.86. The molecular weight excluding hydrogens is 198 g/mol. The first-order valence-corrected chi connectivity index (χ1v) is 4.74. The van der Waals surface area contributed by atoms with E-state index < -0.39 is 6.09 Å². The Kier molecular flexibility index (Phi) is 4.70. The number of furan rings is 1. The monoisotopic (exact) mass is 213 g/mol. The Hall–Kier alpha value is -1.49. The number of carbonyl (C=O) groups excluding carboxylic acids is 1. The molecule has 84 valence electrons. The molecule has 0 aromatic carbocycles. The van der Waals surface area contributed by atoms with Gasteiger partial charge < -0.3 is 19.2 Å². The molecule has 0 saturated carbocycles. The van der Waals surface area contributed by atoms with Crippen LogP contribution in [-0.4, -0.2) is 26.4 Å². The molecule has 1 aromatic heterocycles. The fourth-order valence-corrected chi connectivity index (χ4v) is 1.13. The van der Waals surface area contributed by atoms with Gasteiger partial charge in [-0.05, 0) is 19.1 Å². The van der Waals surface area contributed by atoms with Crippen molar-refractivity contribution in [2.75, 3.05) is 20.3 Å². The lowest BCUT2D eigenvalue weighted by atomic mass is 10.3. The highest BCUT2D eigenvalue weighted by atomic mass is 16.5. The van der Waals surface area contributed by atoms with E-state index in [9.17, 15) is 4.79 Å². The van der Waals surface area contributed by atoms with Gasteiger partial charge in [0.15, 0.2) is 0 Å². The summed E-state index contributed by atoms with van der Waals surface area (Å²) in [4.78, 5) is 11.0. The van der Waals surface area contributed by atoms with Crippen LogP contribution in [0.25, 0.3) is 0 Å². The molecule has 1 N–H and O–H groups in total. The summed E-state index contributed by atoms with van der Waals surface area (Å²) in [7, 11) is 1.56. The Balaban J connectivity index is 2.38. The molecule has 0 radical (unpaired) electrons. The van der Waals surface area contributed by atoms with Crippen molar-refractivity contribution in [3.8, 4) is 0 Å². The van der Waals surface area contributed by atoms with Crippen LogP contribution in [0.15, 0.2) is 22.8 Å². The number of carbonyl (C=O) groups is 1. The number of hydrogen-bond acceptors (Lipinski definition) is 4. The average molecular weight is 213 g/mol. The van der Waals surface area contributed by atoms with Gasteiger partial charge in [-0.25, -0.2) is 4.79 Å². The van der Waals surface area contributed by atoms with E-state index >= 15 is 0 Å². The molecule has 1 aromatic rings. The Morgan fingerprint density at radius 1 is 1.67 bits per heavy atom. The second-order valence-corrected chi connectivity index (χ2v) is 2.84. The fraction of sp³-hybridized carbons (Fsp3) is 0.500. The smallest absolute Gasteiger partial charge is 0.407 e. The highest BCUT2D eigenvalue weighted by molar-refractivity contribution is 5.67.